The molecule has 5 unspecified atom stereocenters. The fraction of sp³-hybridized carbons (Fsp3) is 0.477. The molecule has 7 aromatic rings. The molecule has 9 rings (SSSR count). The van der Waals surface area contributed by atoms with E-state index in [4.69, 9.17) is 15.0 Å². The van der Waals surface area contributed by atoms with E-state index in [-0.39, 0.29) is 124 Å². The Hall–Kier alpha value is -4.71. The molecule has 5 nitrogen and oxygen atoms in total. The quantitative estimate of drug-likeness (QED) is 0.0727. The normalized spacial score (nSPS) is 16.7. The largest absolute Gasteiger partial charge is 4.00 e. The molecule has 516 valence electrons. The predicted octanol–water partition coefficient (Wildman–Crippen LogP) is 25.5. The predicted molar refractivity (Wildman–Crippen MR) is 415 cm³/mol. The van der Waals surface area contributed by atoms with Crippen LogP contribution in [0.2, 0.25) is 0 Å². The fourth-order valence-electron chi connectivity index (χ4n) is 12.7. The summed E-state index contributed by atoms with van der Waals surface area (Å²) in [4.78, 5) is 15.1. The van der Waals surface area contributed by atoms with Gasteiger partial charge in [-0.3, -0.25) is 9.98 Å². The van der Waals surface area contributed by atoms with Crippen LogP contribution in [0.1, 0.15) is 295 Å². The van der Waals surface area contributed by atoms with Crippen LogP contribution in [0.25, 0.3) is 22.0 Å². The minimum atomic E-state index is -0.0912. The first kappa shape index (κ1) is 92.4. The molecule has 0 amide bonds. The number of phenolic OH excluding ortho intramolecular Hbond substituents is 2. The van der Waals surface area contributed by atoms with Crippen molar-refractivity contribution in [3.63, 3.8) is 0 Å². The molecule has 0 spiro atoms. The molecule has 0 aliphatic heterocycles. The first-order chi connectivity index (χ1) is 40.8. The monoisotopic (exact) mass is 1530 g/mol. The molecular weight excluding hydrogens is 1400 g/mol. The molecule has 95 heavy (non-hydrogen) atoms. The van der Waals surface area contributed by atoms with Gasteiger partial charge in [-0.15, -0.1) is 52.4 Å². The molecule has 5 atom stereocenters. The Morgan fingerprint density at radius 2 is 0.905 bits per heavy atom. The van der Waals surface area contributed by atoms with E-state index >= 15 is 0 Å². The number of aliphatic imine (C=N–C) groups is 2. The number of aromatic nitrogens is 1. The molecule has 0 bridgehead atoms. The van der Waals surface area contributed by atoms with E-state index in [9.17, 15) is 10.2 Å². The van der Waals surface area contributed by atoms with Gasteiger partial charge in [0, 0.05) is 40.4 Å². The summed E-state index contributed by atoms with van der Waals surface area (Å²) in [6, 6.07) is 47.6. The van der Waals surface area contributed by atoms with Crippen LogP contribution < -0.4 is 0 Å². The summed E-state index contributed by atoms with van der Waals surface area (Å²) in [6.45, 7) is 44.6. The third-order valence-corrected chi connectivity index (χ3v) is 18.3. The van der Waals surface area contributed by atoms with E-state index in [1.165, 1.54) is 101 Å². The molecule has 1 heterocycles. The molecule has 0 radical (unpaired) electrons. The molecule has 1 aromatic heterocycles. The third kappa shape index (κ3) is 24.3. The van der Waals surface area contributed by atoms with Crippen molar-refractivity contribution in [1.29, 1.82) is 0 Å². The van der Waals surface area contributed by atoms with Gasteiger partial charge in [0.15, 0.2) is 0 Å². The van der Waals surface area contributed by atoms with Gasteiger partial charge in [-0.1, -0.05) is 275 Å². The van der Waals surface area contributed by atoms with Crippen molar-refractivity contribution < 1.29 is 62.3 Å². The fourth-order valence-corrected chi connectivity index (χ4v) is 12.7. The molecule has 7 heteroatoms. The first-order valence-corrected chi connectivity index (χ1v) is 33.1. The Balaban J connectivity index is 0. The zero-order valence-electron chi connectivity index (χ0n) is 62.3. The van der Waals surface area contributed by atoms with Gasteiger partial charge in [-0.05, 0) is 117 Å². The topological polar surface area (TPSA) is 78.1 Å². The van der Waals surface area contributed by atoms with Crippen molar-refractivity contribution in [2.24, 2.45) is 21.8 Å². The second-order valence-corrected chi connectivity index (χ2v) is 30.6. The van der Waals surface area contributed by atoms with E-state index in [1.54, 1.807) is 0 Å². The van der Waals surface area contributed by atoms with Crippen molar-refractivity contribution in [3.05, 3.63) is 230 Å². The number of pyridine rings is 1. The number of hydrogen-bond acceptors (Lipinski definition) is 5. The molecule has 2 fully saturated rings. The molecule has 2 saturated carbocycles. The van der Waals surface area contributed by atoms with Crippen molar-refractivity contribution in [2.75, 3.05) is 0 Å². The first-order valence-electron chi connectivity index (χ1n) is 33.1. The summed E-state index contributed by atoms with van der Waals surface area (Å²) in [6.07, 6.45) is 16.4. The average Bonchev–Trinajstić information content (AvgIpc) is 0.803. The molecule has 2 aliphatic rings. The van der Waals surface area contributed by atoms with Gasteiger partial charge in [0.25, 0.3) is 0 Å². The summed E-state index contributed by atoms with van der Waals surface area (Å²) in [5.74, 6) is 3.37. The van der Waals surface area contributed by atoms with Crippen LogP contribution in [0.5, 0.6) is 11.5 Å². The van der Waals surface area contributed by atoms with Crippen LogP contribution >= 0.6 is 0 Å². The summed E-state index contributed by atoms with van der Waals surface area (Å²) < 4.78 is 0. The second-order valence-electron chi connectivity index (χ2n) is 30.6. The number of benzene rings is 6. The van der Waals surface area contributed by atoms with Gasteiger partial charge >= 0.3 is 52.0 Å². The molecule has 2 N–H and O–H groups in total. The van der Waals surface area contributed by atoms with Gasteiger partial charge in [0.05, 0.1) is 12.1 Å². The maximum Gasteiger partial charge on any atom is 4.00 e. The molecule has 0 saturated heterocycles. The molecular formula is C88H129HfN3O2Zr. The Kier molecular flexibility index (Phi) is 38.7. The zero-order valence-corrected chi connectivity index (χ0v) is 68.3. The summed E-state index contributed by atoms with van der Waals surface area (Å²) in [5, 5.41) is 24.0. The third-order valence-electron chi connectivity index (χ3n) is 18.3. The van der Waals surface area contributed by atoms with Gasteiger partial charge in [-0.2, -0.15) is 12.0 Å². The summed E-state index contributed by atoms with van der Waals surface area (Å²) in [5.41, 5.74) is 16.1. The minimum absolute atomic E-state index is 0. The minimum Gasteiger partial charge on any atom is -0.507 e. The number of rotatable bonds is 12. The van der Waals surface area contributed by atoms with E-state index < -0.39 is 0 Å². The molecule has 6 aromatic carbocycles. The number of phenols is 2. The Bertz CT molecular complexity index is 3330. The van der Waals surface area contributed by atoms with E-state index in [1.807, 2.05) is 18.5 Å². The molecule has 2 aliphatic carbocycles. The van der Waals surface area contributed by atoms with E-state index in [0.717, 1.165) is 39.2 Å². The number of aromatic hydroxyl groups is 2. The Morgan fingerprint density at radius 1 is 0.505 bits per heavy atom. The summed E-state index contributed by atoms with van der Waals surface area (Å²) >= 11 is 0. The zero-order chi connectivity index (χ0) is 63.8. The van der Waals surface area contributed by atoms with Crippen LogP contribution in [0, 0.1) is 54.0 Å². The number of hydrogen-bond donors (Lipinski definition) is 2. The summed E-state index contributed by atoms with van der Waals surface area (Å²) in [7, 11) is 0. The standard InChI is InChI=1S/C38H39N.2C22H35NO.2CH4.4CH3.Hf.Zr/c1-25(2)29-16-9-10-18-33(29)36(24-35-30(26(3)4)19-12-20-31(35)27(5)6)38-23-13-22-37(39-38)34-21-11-15-28-14-7-8-17-32(28)34;2*1-15-10-8-9-11-19(15)23-14-16-12-17(21(2,3)4)13-18(20(16)24)22(5,6)7;;;;;;;;/h7-20,22-27,36H,1-6H3;2*12-15,19,24H,8-11H2,1-7H3;2*1H4;4*1H3;;/q-2;;;;;4*-1;+4;+2. The van der Waals surface area contributed by atoms with Gasteiger partial charge < -0.3 is 44.9 Å². The smallest absolute Gasteiger partial charge is 0.507 e. The Morgan fingerprint density at radius 3 is 1.33 bits per heavy atom. The van der Waals surface area contributed by atoms with Crippen molar-refractivity contribution >= 4 is 23.2 Å². The van der Waals surface area contributed by atoms with Gasteiger partial charge in [-0.25, -0.2) is 0 Å². The second kappa shape index (κ2) is 39.8. The van der Waals surface area contributed by atoms with E-state index in [0.29, 0.717) is 53.2 Å². The van der Waals surface area contributed by atoms with Crippen LogP contribution in [0.4, 0.5) is 0 Å². The van der Waals surface area contributed by atoms with Crippen LogP contribution in [0.15, 0.2) is 131 Å². The van der Waals surface area contributed by atoms with Gasteiger partial charge in [0.1, 0.15) is 11.5 Å². The maximum atomic E-state index is 10.8. The van der Waals surface area contributed by atoms with Crippen LogP contribution in [-0.2, 0) is 73.7 Å². The number of nitrogens with zero attached hydrogens (tertiary/aromatic N) is 3. The van der Waals surface area contributed by atoms with Crippen molar-refractivity contribution in [3.8, 4) is 22.8 Å². The van der Waals surface area contributed by atoms with Crippen LogP contribution in [-0.4, -0.2) is 39.7 Å². The van der Waals surface area contributed by atoms with Crippen molar-refractivity contribution in [1.82, 2.24) is 4.98 Å². The van der Waals surface area contributed by atoms with Gasteiger partial charge in [0.2, 0.25) is 0 Å². The van der Waals surface area contributed by atoms with E-state index in [2.05, 4.69) is 266 Å². The van der Waals surface area contributed by atoms with Crippen LogP contribution in [0.3, 0.4) is 0 Å². The SMILES string of the molecule is C.C.CC(C)c1ccccc1C([CH-]c1c(C(C)C)cccc1C(C)C)c1cccc(-c2[c-]ccc3ccccc23)n1.CC1CCCCC1N=Cc1cc(C(C)(C)C)cc(C(C)(C)C)c1O.CC1CCCCC1N=Cc1cc(C(C)(C)C)cc(C(C)(C)C)c1O.[CH3-].[CH3-].[CH3-].[CH3-].[Hf+4].[Zr+2]. The number of fused-ring (bicyclic) bond motifs is 1. The van der Waals surface area contributed by atoms with Crippen molar-refractivity contribution in [2.45, 2.75) is 262 Å². The average molecular weight is 1530 g/mol. The Labute approximate surface area is 622 Å². The maximum absolute atomic E-state index is 10.8.